The molecule has 4 N–H and O–H groups in total. The number of hydrogen-bond donors (Lipinski definition) is 3. The summed E-state index contributed by atoms with van der Waals surface area (Å²) < 4.78 is 5.71. The number of hydrogen-bond acceptors (Lipinski definition) is 5. The van der Waals surface area contributed by atoms with E-state index in [0.29, 0.717) is 30.5 Å². The van der Waals surface area contributed by atoms with Crippen LogP contribution in [-0.4, -0.2) is 39.3 Å². The molecule has 1 aromatic heterocycles. The number of nitrogens with zero attached hydrogens (tertiary/aromatic N) is 2. The smallest absolute Gasteiger partial charge is 0.245 e. The van der Waals surface area contributed by atoms with Crippen molar-refractivity contribution in [2.75, 3.05) is 11.9 Å². The summed E-state index contributed by atoms with van der Waals surface area (Å²) in [7, 11) is 0. The van der Waals surface area contributed by atoms with E-state index in [1.54, 1.807) is 0 Å². The lowest BCUT2D eigenvalue weighted by molar-refractivity contribution is -0.166. The van der Waals surface area contributed by atoms with Crippen LogP contribution in [0.15, 0.2) is 24.3 Å². The van der Waals surface area contributed by atoms with Gasteiger partial charge in [0.2, 0.25) is 5.91 Å². The molecule has 0 bridgehead atoms. The first-order chi connectivity index (χ1) is 12.8. The molecule has 1 aromatic carbocycles. The van der Waals surface area contributed by atoms with Gasteiger partial charge in [-0.25, -0.2) is 4.98 Å². The number of nitrogens with two attached hydrogens (primary N) is 1. The van der Waals surface area contributed by atoms with E-state index in [9.17, 15) is 4.79 Å². The van der Waals surface area contributed by atoms with E-state index < -0.39 is 11.0 Å². The van der Waals surface area contributed by atoms with Gasteiger partial charge in [-0.15, -0.1) is 0 Å². The van der Waals surface area contributed by atoms with Gasteiger partial charge >= 0.3 is 0 Å². The number of nitrogens with one attached hydrogen (secondary N) is 2. The first-order valence-corrected chi connectivity index (χ1v) is 9.60. The molecule has 2 saturated carbocycles. The van der Waals surface area contributed by atoms with Crippen molar-refractivity contribution in [3.8, 4) is 11.4 Å². The Bertz CT molecular complexity index is 858. The summed E-state index contributed by atoms with van der Waals surface area (Å²) in [6.07, 6.45) is 2.85. The molecule has 2 atom stereocenters. The molecule has 0 radical (unpaired) electrons. The van der Waals surface area contributed by atoms with Crippen LogP contribution in [-0.2, 0) is 9.53 Å². The molecule has 1 heterocycles. The zero-order valence-electron chi connectivity index (χ0n) is 16.1. The Morgan fingerprint density at radius 1 is 1.41 bits per heavy atom. The number of benzene rings is 1. The fourth-order valence-electron chi connectivity index (χ4n) is 3.74. The van der Waals surface area contributed by atoms with Crippen LogP contribution in [0.25, 0.3) is 11.4 Å². The predicted octanol–water partition coefficient (Wildman–Crippen LogP) is 2.82. The highest BCUT2D eigenvalue weighted by Gasteiger charge is 2.62. The number of carbonyl (C=O) groups excluding carboxylic acids is 1. The molecule has 7 nitrogen and oxygen atoms in total. The lowest BCUT2D eigenvalue weighted by Crippen LogP contribution is -2.74. The second-order valence-corrected chi connectivity index (χ2v) is 8.19. The number of amides is 1. The van der Waals surface area contributed by atoms with E-state index in [2.05, 4.69) is 20.5 Å². The number of carbonyl (C=O) groups is 1. The van der Waals surface area contributed by atoms with Crippen molar-refractivity contribution in [2.45, 2.75) is 57.6 Å². The maximum Gasteiger partial charge on any atom is 0.245 e. The number of rotatable bonds is 6. The van der Waals surface area contributed by atoms with Crippen LogP contribution in [0.2, 0.25) is 0 Å². The van der Waals surface area contributed by atoms with Gasteiger partial charge in [0.15, 0.2) is 5.82 Å². The van der Waals surface area contributed by atoms with Crippen molar-refractivity contribution in [3.05, 3.63) is 30.1 Å². The van der Waals surface area contributed by atoms with Gasteiger partial charge in [0, 0.05) is 35.6 Å². The molecule has 1 amide bonds. The number of H-pyrrole nitrogens is 1. The SMILES string of the molecule is CCOC1CC(N)(C(=O)Nc2cccc(-c3n[nH]c(C4CC4)n3)c2)C1(C)C. The Kier molecular flexibility index (Phi) is 4.31. The number of aromatic amines is 1. The van der Waals surface area contributed by atoms with Gasteiger partial charge < -0.3 is 15.8 Å². The van der Waals surface area contributed by atoms with Gasteiger partial charge in [-0.1, -0.05) is 26.0 Å². The topological polar surface area (TPSA) is 106 Å². The van der Waals surface area contributed by atoms with Gasteiger partial charge in [-0.2, -0.15) is 5.10 Å². The maximum absolute atomic E-state index is 12.9. The van der Waals surface area contributed by atoms with E-state index in [4.69, 9.17) is 10.5 Å². The van der Waals surface area contributed by atoms with Crippen LogP contribution in [0.1, 0.15) is 51.8 Å². The maximum atomic E-state index is 12.9. The Hall–Kier alpha value is -2.25. The first-order valence-electron chi connectivity index (χ1n) is 9.60. The van der Waals surface area contributed by atoms with Crippen molar-refractivity contribution in [1.29, 1.82) is 0 Å². The van der Waals surface area contributed by atoms with Crippen molar-refractivity contribution in [1.82, 2.24) is 15.2 Å². The van der Waals surface area contributed by atoms with Gasteiger partial charge in [0.05, 0.1) is 6.10 Å². The molecule has 2 aliphatic rings. The summed E-state index contributed by atoms with van der Waals surface area (Å²) in [4.78, 5) is 17.5. The molecule has 7 heteroatoms. The molecule has 0 saturated heterocycles. The fourth-order valence-corrected chi connectivity index (χ4v) is 3.74. The Balaban J connectivity index is 1.49. The van der Waals surface area contributed by atoms with Crippen LogP contribution < -0.4 is 11.1 Å². The molecule has 2 fully saturated rings. The second kappa shape index (κ2) is 6.42. The zero-order valence-corrected chi connectivity index (χ0v) is 16.1. The largest absolute Gasteiger partial charge is 0.378 e. The Morgan fingerprint density at radius 2 is 2.19 bits per heavy atom. The lowest BCUT2D eigenvalue weighted by Gasteiger charge is -2.57. The third-order valence-electron chi connectivity index (χ3n) is 6.08. The van der Waals surface area contributed by atoms with Crippen molar-refractivity contribution < 1.29 is 9.53 Å². The third-order valence-corrected chi connectivity index (χ3v) is 6.08. The molecule has 144 valence electrons. The summed E-state index contributed by atoms with van der Waals surface area (Å²) in [6, 6.07) is 7.56. The van der Waals surface area contributed by atoms with Crippen molar-refractivity contribution in [3.63, 3.8) is 0 Å². The van der Waals surface area contributed by atoms with Gasteiger partial charge in [-0.3, -0.25) is 9.89 Å². The van der Waals surface area contributed by atoms with E-state index in [1.807, 2.05) is 45.0 Å². The molecule has 4 rings (SSSR count). The molecular weight excluding hydrogens is 342 g/mol. The summed E-state index contributed by atoms with van der Waals surface area (Å²) >= 11 is 0. The quantitative estimate of drug-likeness (QED) is 0.726. The summed E-state index contributed by atoms with van der Waals surface area (Å²) in [5.41, 5.74) is 6.64. The average molecular weight is 369 g/mol. The van der Waals surface area contributed by atoms with Crippen LogP contribution in [0, 0.1) is 5.41 Å². The molecule has 0 aliphatic heterocycles. The van der Waals surface area contributed by atoms with Gasteiger partial charge in [-0.05, 0) is 31.9 Å². The van der Waals surface area contributed by atoms with E-state index in [0.717, 1.165) is 11.4 Å². The van der Waals surface area contributed by atoms with Gasteiger partial charge in [0.1, 0.15) is 11.4 Å². The number of ether oxygens (including phenoxy) is 1. The standard InChI is InChI=1S/C20H27N5O2/c1-4-27-15-11-20(21,19(15,2)3)18(26)22-14-7-5-6-13(10-14)17-23-16(24-25-17)12-8-9-12/h5-7,10,12,15H,4,8-9,11,21H2,1-3H3,(H,22,26)(H,23,24,25). The minimum atomic E-state index is -0.952. The zero-order chi connectivity index (χ0) is 19.2. The van der Waals surface area contributed by atoms with Crippen LogP contribution in [0.5, 0.6) is 0 Å². The molecule has 27 heavy (non-hydrogen) atoms. The number of aromatic nitrogens is 3. The second-order valence-electron chi connectivity index (χ2n) is 8.19. The van der Waals surface area contributed by atoms with Crippen LogP contribution in [0.3, 0.4) is 0 Å². The third kappa shape index (κ3) is 3.04. The van der Waals surface area contributed by atoms with Gasteiger partial charge in [0.25, 0.3) is 0 Å². The fraction of sp³-hybridized carbons (Fsp3) is 0.550. The van der Waals surface area contributed by atoms with Crippen LogP contribution >= 0.6 is 0 Å². The Morgan fingerprint density at radius 3 is 2.85 bits per heavy atom. The monoisotopic (exact) mass is 369 g/mol. The van der Waals surface area contributed by atoms with Crippen molar-refractivity contribution >= 4 is 11.6 Å². The van der Waals surface area contributed by atoms with Crippen LogP contribution in [0.4, 0.5) is 5.69 Å². The predicted molar refractivity (Wildman–Crippen MR) is 103 cm³/mol. The minimum Gasteiger partial charge on any atom is -0.378 e. The average Bonchev–Trinajstić information content (AvgIpc) is 3.38. The summed E-state index contributed by atoms with van der Waals surface area (Å²) in [6.45, 7) is 6.54. The molecule has 0 spiro atoms. The molecule has 2 unspecified atom stereocenters. The normalized spacial score (nSPS) is 26.4. The number of anilines is 1. The molecule has 2 aromatic rings. The first kappa shape index (κ1) is 18.1. The van der Waals surface area contributed by atoms with E-state index in [-0.39, 0.29) is 12.0 Å². The highest BCUT2D eigenvalue weighted by Crippen LogP contribution is 2.50. The minimum absolute atomic E-state index is 0.00122. The molecular formula is C20H27N5O2. The lowest BCUT2D eigenvalue weighted by atomic mass is 9.54. The van der Waals surface area contributed by atoms with E-state index >= 15 is 0 Å². The highest BCUT2D eigenvalue weighted by molar-refractivity contribution is 6.00. The van der Waals surface area contributed by atoms with Crippen molar-refractivity contribution in [2.24, 2.45) is 11.1 Å². The van der Waals surface area contributed by atoms with E-state index in [1.165, 1.54) is 12.8 Å². The highest BCUT2D eigenvalue weighted by atomic mass is 16.5. The summed E-state index contributed by atoms with van der Waals surface area (Å²) in [5, 5.41) is 10.3. The molecule has 2 aliphatic carbocycles. The summed E-state index contributed by atoms with van der Waals surface area (Å²) in [5.74, 6) is 1.93. The Labute approximate surface area is 159 Å².